The van der Waals surface area contributed by atoms with Gasteiger partial charge in [-0.2, -0.15) is 10.1 Å². The average Bonchev–Trinajstić information content (AvgIpc) is 3.27. The fourth-order valence-corrected chi connectivity index (χ4v) is 4.60. The van der Waals surface area contributed by atoms with Crippen molar-refractivity contribution in [2.24, 2.45) is 5.92 Å². The number of amides is 1. The van der Waals surface area contributed by atoms with Crippen LogP contribution in [0.4, 0.5) is 4.39 Å². The van der Waals surface area contributed by atoms with Gasteiger partial charge in [0, 0.05) is 31.4 Å². The highest BCUT2D eigenvalue weighted by molar-refractivity contribution is 5.93. The Morgan fingerprint density at radius 1 is 1.29 bits per heavy atom. The van der Waals surface area contributed by atoms with Crippen LogP contribution in [0.25, 0.3) is 11.5 Å². The summed E-state index contributed by atoms with van der Waals surface area (Å²) in [5, 5.41) is 8.59. The number of benzene rings is 1. The molecule has 3 aromatic rings. The molecular formula is C23H26FN5O2. The molecule has 5 rings (SSSR count). The standard InChI is InChI=1S/C23H26FN5O2/c1-2-29-14-18(13-25-29)21(30)28-11-3-10-23(15-28,12-16-4-5-16)22-26-20(31-27-22)17-6-8-19(24)9-7-17/h6-9,13-14,16H,2-5,10-12,15H2,1H3. The zero-order chi connectivity index (χ0) is 21.4. The second-order valence-electron chi connectivity index (χ2n) is 8.77. The maximum atomic E-state index is 13.3. The number of rotatable bonds is 6. The molecule has 31 heavy (non-hydrogen) atoms. The first kappa shape index (κ1) is 19.9. The van der Waals surface area contributed by atoms with E-state index in [4.69, 9.17) is 9.51 Å². The van der Waals surface area contributed by atoms with Crippen molar-refractivity contribution in [1.82, 2.24) is 24.8 Å². The summed E-state index contributed by atoms with van der Waals surface area (Å²) in [6.07, 6.45) is 8.63. The fraction of sp³-hybridized carbons (Fsp3) is 0.478. The van der Waals surface area contributed by atoms with Crippen molar-refractivity contribution in [3.63, 3.8) is 0 Å². The van der Waals surface area contributed by atoms with Gasteiger partial charge in [-0.3, -0.25) is 9.48 Å². The van der Waals surface area contributed by atoms with Crippen LogP contribution in [-0.2, 0) is 12.0 Å². The first-order chi connectivity index (χ1) is 15.1. The lowest BCUT2D eigenvalue weighted by Gasteiger charge is -2.41. The van der Waals surface area contributed by atoms with E-state index < -0.39 is 0 Å². The molecule has 0 bridgehead atoms. The van der Waals surface area contributed by atoms with Gasteiger partial charge < -0.3 is 9.42 Å². The van der Waals surface area contributed by atoms with Crippen LogP contribution in [0.3, 0.4) is 0 Å². The van der Waals surface area contributed by atoms with Crippen molar-refractivity contribution < 1.29 is 13.7 Å². The molecule has 0 spiro atoms. The Hall–Kier alpha value is -3.03. The Bertz CT molecular complexity index is 1070. The molecule has 2 fully saturated rings. The van der Waals surface area contributed by atoms with Gasteiger partial charge in [0.1, 0.15) is 5.82 Å². The fourth-order valence-electron chi connectivity index (χ4n) is 4.60. The molecule has 7 nitrogen and oxygen atoms in total. The van der Waals surface area contributed by atoms with Crippen LogP contribution in [0.15, 0.2) is 41.2 Å². The van der Waals surface area contributed by atoms with E-state index in [1.165, 1.54) is 25.0 Å². The molecule has 1 atom stereocenters. The number of hydrogen-bond acceptors (Lipinski definition) is 5. The number of aryl methyl sites for hydroxylation is 1. The molecule has 162 valence electrons. The summed E-state index contributed by atoms with van der Waals surface area (Å²) in [6.45, 7) is 4.01. The molecule has 1 aliphatic carbocycles. The molecule has 1 saturated carbocycles. The summed E-state index contributed by atoms with van der Waals surface area (Å²) in [4.78, 5) is 19.8. The zero-order valence-electron chi connectivity index (χ0n) is 17.6. The molecule has 0 radical (unpaired) electrons. The van der Waals surface area contributed by atoms with Crippen LogP contribution < -0.4 is 0 Å². The number of piperidine rings is 1. The van der Waals surface area contributed by atoms with E-state index in [0.29, 0.717) is 41.8 Å². The summed E-state index contributed by atoms with van der Waals surface area (Å²) in [7, 11) is 0. The normalized spacial score (nSPS) is 21.4. The van der Waals surface area contributed by atoms with Crippen LogP contribution >= 0.6 is 0 Å². The van der Waals surface area contributed by atoms with Crippen molar-refractivity contribution in [1.29, 1.82) is 0 Å². The van der Waals surface area contributed by atoms with Crippen molar-refractivity contribution >= 4 is 5.91 Å². The molecule has 2 aliphatic rings. The number of carbonyl (C=O) groups is 1. The van der Waals surface area contributed by atoms with Gasteiger partial charge in [0.2, 0.25) is 0 Å². The average molecular weight is 423 g/mol. The number of hydrogen-bond donors (Lipinski definition) is 0. The number of nitrogens with zero attached hydrogens (tertiary/aromatic N) is 5. The largest absolute Gasteiger partial charge is 0.338 e. The van der Waals surface area contributed by atoms with Crippen LogP contribution in [0.5, 0.6) is 0 Å². The topological polar surface area (TPSA) is 77.0 Å². The second kappa shape index (κ2) is 7.90. The van der Waals surface area contributed by atoms with E-state index >= 15 is 0 Å². The molecule has 1 unspecified atom stereocenters. The van der Waals surface area contributed by atoms with E-state index in [0.717, 1.165) is 25.8 Å². The van der Waals surface area contributed by atoms with Gasteiger partial charge in [-0.25, -0.2) is 4.39 Å². The Morgan fingerprint density at radius 2 is 2.10 bits per heavy atom. The minimum atomic E-state index is -0.322. The van der Waals surface area contributed by atoms with Crippen LogP contribution in [0.1, 0.15) is 55.2 Å². The van der Waals surface area contributed by atoms with Crippen molar-refractivity contribution in [2.75, 3.05) is 13.1 Å². The summed E-state index contributed by atoms with van der Waals surface area (Å²) in [5.74, 6) is 1.38. The molecular weight excluding hydrogens is 397 g/mol. The number of carbonyl (C=O) groups excluding carboxylic acids is 1. The summed E-state index contributed by atoms with van der Waals surface area (Å²) in [5.41, 5.74) is 0.985. The van der Waals surface area contributed by atoms with E-state index in [9.17, 15) is 9.18 Å². The monoisotopic (exact) mass is 423 g/mol. The molecule has 1 amide bonds. The maximum Gasteiger partial charge on any atom is 0.257 e. The third-order valence-corrected chi connectivity index (χ3v) is 6.44. The first-order valence-electron chi connectivity index (χ1n) is 11.0. The van der Waals surface area contributed by atoms with Crippen molar-refractivity contribution in [3.8, 4) is 11.5 Å². The zero-order valence-corrected chi connectivity index (χ0v) is 17.6. The number of likely N-dealkylation sites (tertiary alicyclic amines) is 1. The van der Waals surface area contributed by atoms with Gasteiger partial charge in [-0.05, 0) is 56.4 Å². The first-order valence-corrected chi connectivity index (χ1v) is 11.0. The van der Waals surface area contributed by atoms with Gasteiger partial charge in [0.25, 0.3) is 11.8 Å². The highest BCUT2D eigenvalue weighted by atomic mass is 19.1. The van der Waals surface area contributed by atoms with Crippen molar-refractivity contribution in [3.05, 3.63) is 53.9 Å². The third-order valence-electron chi connectivity index (χ3n) is 6.44. The van der Waals surface area contributed by atoms with Gasteiger partial charge in [0.15, 0.2) is 5.82 Å². The number of halogens is 1. The number of aromatic nitrogens is 4. The molecule has 1 aromatic carbocycles. The Kier molecular flexibility index (Phi) is 5.08. The lowest BCUT2D eigenvalue weighted by Crippen LogP contribution is -2.49. The van der Waals surface area contributed by atoms with Gasteiger partial charge in [-0.1, -0.05) is 18.0 Å². The molecule has 1 saturated heterocycles. The molecule has 0 N–H and O–H groups in total. The quantitative estimate of drug-likeness (QED) is 0.597. The Balaban J connectivity index is 1.43. The summed E-state index contributed by atoms with van der Waals surface area (Å²) >= 11 is 0. The van der Waals surface area contributed by atoms with Crippen LogP contribution in [0.2, 0.25) is 0 Å². The lowest BCUT2D eigenvalue weighted by molar-refractivity contribution is 0.0607. The third kappa shape index (κ3) is 3.98. The predicted molar refractivity (Wildman–Crippen MR) is 112 cm³/mol. The van der Waals surface area contributed by atoms with Crippen LogP contribution in [0, 0.1) is 11.7 Å². The molecule has 2 aromatic heterocycles. The molecule has 8 heteroatoms. The van der Waals surface area contributed by atoms with Gasteiger partial charge >= 0.3 is 0 Å². The summed E-state index contributed by atoms with van der Waals surface area (Å²) < 4.78 is 20.6. The maximum absolute atomic E-state index is 13.3. The SMILES string of the molecule is CCn1cc(C(=O)N2CCCC(CC3CC3)(c3noc(-c4ccc(F)cc4)n3)C2)cn1. The van der Waals surface area contributed by atoms with E-state index in [-0.39, 0.29) is 17.1 Å². The Morgan fingerprint density at radius 3 is 2.81 bits per heavy atom. The molecule has 1 aliphatic heterocycles. The smallest absolute Gasteiger partial charge is 0.257 e. The van der Waals surface area contributed by atoms with E-state index in [1.807, 2.05) is 11.8 Å². The van der Waals surface area contributed by atoms with Crippen LogP contribution in [-0.4, -0.2) is 43.8 Å². The molecule has 3 heterocycles. The van der Waals surface area contributed by atoms with Gasteiger partial charge in [-0.15, -0.1) is 0 Å². The van der Waals surface area contributed by atoms with E-state index in [2.05, 4.69) is 10.3 Å². The minimum absolute atomic E-state index is 0.00169. The summed E-state index contributed by atoms with van der Waals surface area (Å²) in [6, 6.07) is 6.05. The lowest BCUT2D eigenvalue weighted by atomic mass is 9.74. The highest BCUT2D eigenvalue weighted by Gasteiger charge is 2.46. The van der Waals surface area contributed by atoms with Gasteiger partial charge in [0.05, 0.1) is 17.2 Å². The Labute approximate surface area is 180 Å². The van der Waals surface area contributed by atoms with Crippen molar-refractivity contribution in [2.45, 2.75) is 51.0 Å². The predicted octanol–water partition coefficient (Wildman–Crippen LogP) is 4.07. The highest BCUT2D eigenvalue weighted by Crippen LogP contribution is 2.46. The van der Waals surface area contributed by atoms with E-state index in [1.54, 1.807) is 29.2 Å². The minimum Gasteiger partial charge on any atom is -0.338 e. The second-order valence-corrected chi connectivity index (χ2v) is 8.77.